The number of nitrogens with one attached hydrogen (secondary N) is 1. The van der Waals surface area contributed by atoms with E-state index < -0.39 is 0 Å². The lowest BCUT2D eigenvalue weighted by Crippen LogP contribution is -2.55. The van der Waals surface area contributed by atoms with Crippen LogP contribution in [-0.2, 0) is 6.54 Å². The summed E-state index contributed by atoms with van der Waals surface area (Å²) in [5, 5.41) is 7.38. The molecule has 2 unspecified atom stereocenters. The molecule has 0 aromatic carbocycles. The second kappa shape index (κ2) is 5.65. The molecule has 1 aromatic rings. The number of piperazine rings is 1. The van der Waals surface area contributed by atoms with Crippen LogP contribution >= 0.6 is 0 Å². The lowest BCUT2D eigenvalue weighted by molar-refractivity contribution is 0.113. The zero-order chi connectivity index (χ0) is 12.3. The molecule has 0 spiro atoms. The molecule has 1 saturated heterocycles. The van der Waals surface area contributed by atoms with Crippen molar-refractivity contribution in [2.45, 2.75) is 45.8 Å². The van der Waals surface area contributed by atoms with Crippen LogP contribution in [-0.4, -0.2) is 35.2 Å². The molecule has 1 aliphatic rings. The summed E-state index contributed by atoms with van der Waals surface area (Å²) >= 11 is 0. The van der Waals surface area contributed by atoms with Crippen LogP contribution in [0.5, 0.6) is 0 Å². The van der Waals surface area contributed by atoms with E-state index >= 15 is 0 Å². The standard InChI is InChI=1S/C13H23N3O/c1-10(2)6-12-8-16(11(3)7-14-12)9-13-4-5-15-17-13/h4-5,10-12,14H,6-9H2,1-3H3. The fourth-order valence-electron chi connectivity index (χ4n) is 2.47. The van der Waals surface area contributed by atoms with E-state index in [1.54, 1.807) is 6.20 Å². The fraction of sp³-hybridized carbons (Fsp3) is 0.769. The maximum atomic E-state index is 5.19. The second-order valence-electron chi connectivity index (χ2n) is 5.49. The highest BCUT2D eigenvalue weighted by Crippen LogP contribution is 2.15. The fourth-order valence-corrected chi connectivity index (χ4v) is 2.47. The number of hydrogen-bond acceptors (Lipinski definition) is 4. The van der Waals surface area contributed by atoms with Crippen molar-refractivity contribution in [3.05, 3.63) is 18.0 Å². The lowest BCUT2D eigenvalue weighted by atomic mass is 10.00. The van der Waals surface area contributed by atoms with Gasteiger partial charge >= 0.3 is 0 Å². The molecule has 2 atom stereocenters. The highest BCUT2D eigenvalue weighted by molar-refractivity contribution is 4.95. The van der Waals surface area contributed by atoms with Crippen molar-refractivity contribution in [3.63, 3.8) is 0 Å². The van der Waals surface area contributed by atoms with Gasteiger partial charge in [0.1, 0.15) is 0 Å². The van der Waals surface area contributed by atoms with Gasteiger partial charge in [-0.3, -0.25) is 4.90 Å². The van der Waals surface area contributed by atoms with E-state index in [4.69, 9.17) is 4.52 Å². The van der Waals surface area contributed by atoms with Crippen molar-refractivity contribution < 1.29 is 4.52 Å². The summed E-state index contributed by atoms with van der Waals surface area (Å²) in [5.74, 6) is 1.70. The molecule has 0 bridgehead atoms. The summed E-state index contributed by atoms with van der Waals surface area (Å²) in [4.78, 5) is 2.48. The Balaban J connectivity index is 1.90. The van der Waals surface area contributed by atoms with Crippen molar-refractivity contribution in [2.75, 3.05) is 13.1 Å². The van der Waals surface area contributed by atoms with Gasteiger partial charge in [-0.15, -0.1) is 0 Å². The molecule has 1 aliphatic heterocycles. The number of nitrogens with zero attached hydrogens (tertiary/aromatic N) is 2. The quantitative estimate of drug-likeness (QED) is 0.868. The Morgan fingerprint density at radius 1 is 1.59 bits per heavy atom. The molecule has 4 nitrogen and oxygen atoms in total. The zero-order valence-corrected chi connectivity index (χ0v) is 11.0. The van der Waals surface area contributed by atoms with Gasteiger partial charge in [-0.05, 0) is 19.3 Å². The van der Waals surface area contributed by atoms with E-state index in [-0.39, 0.29) is 0 Å². The Hall–Kier alpha value is -0.870. The van der Waals surface area contributed by atoms with Gasteiger partial charge < -0.3 is 9.84 Å². The zero-order valence-electron chi connectivity index (χ0n) is 11.0. The molecule has 17 heavy (non-hydrogen) atoms. The van der Waals surface area contributed by atoms with Gasteiger partial charge in [0.05, 0.1) is 12.7 Å². The third-order valence-corrected chi connectivity index (χ3v) is 3.39. The van der Waals surface area contributed by atoms with Crippen LogP contribution in [0.2, 0.25) is 0 Å². The highest BCUT2D eigenvalue weighted by atomic mass is 16.5. The third kappa shape index (κ3) is 3.54. The van der Waals surface area contributed by atoms with Gasteiger partial charge in [-0.1, -0.05) is 19.0 Å². The van der Waals surface area contributed by atoms with E-state index in [1.165, 1.54) is 6.42 Å². The van der Waals surface area contributed by atoms with Crippen LogP contribution in [0.15, 0.2) is 16.8 Å². The van der Waals surface area contributed by atoms with E-state index in [0.29, 0.717) is 12.1 Å². The normalized spacial score (nSPS) is 26.6. The molecule has 96 valence electrons. The van der Waals surface area contributed by atoms with Gasteiger partial charge in [0, 0.05) is 31.2 Å². The maximum Gasteiger partial charge on any atom is 0.150 e. The molecule has 2 heterocycles. The maximum absolute atomic E-state index is 5.19. The average Bonchev–Trinajstić information content (AvgIpc) is 2.75. The van der Waals surface area contributed by atoms with Crippen LogP contribution < -0.4 is 5.32 Å². The molecule has 0 radical (unpaired) electrons. The van der Waals surface area contributed by atoms with Gasteiger partial charge in [-0.2, -0.15) is 0 Å². The van der Waals surface area contributed by atoms with Gasteiger partial charge in [0.2, 0.25) is 0 Å². The van der Waals surface area contributed by atoms with Crippen molar-refractivity contribution in [1.82, 2.24) is 15.4 Å². The molecule has 2 rings (SSSR count). The first-order chi connectivity index (χ1) is 8.15. The summed E-state index contributed by atoms with van der Waals surface area (Å²) in [5.41, 5.74) is 0. The molecule has 1 fully saturated rings. The highest BCUT2D eigenvalue weighted by Gasteiger charge is 2.25. The summed E-state index contributed by atoms with van der Waals surface area (Å²) in [6.07, 6.45) is 2.95. The minimum absolute atomic E-state index is 0.559. The summed E-state index contributed by atoms with van der Waals surface area (Å²) in [6.45, 7) is 9.85. The first-order valence-corrected chi connectivity index (χ1v) is 6.52. The molecule has 1 aromatic heterocycles. The van der Waals surface area contributed by atoms with E-state index in [2.05, 4.69) is 36.1 Å². The predicted octanol–water partition coefficient (Wildman–Crippen LogP) is 1.88. The smallest absolute Gasteiger partial charge is 0.150 e. The van der Waals surface area contributed by atoms with Crippen LogP contribution in [0.1, 0.15) is 33.0 Å². The molecule has 1 N–H and O–H groups in total. The monoisotopic (exact) mass is 237 g/mol. The molecular formula is C13H23N3O. The number of rotatable bonds is 4. The summed E-state index contributed by atoms with van der Waals surface area (Å²) in [7, 11) is 0. The SMILES string of the molecule is CC(C)CC1CN(Cc2ccno2)C(C)CN1. The first kappa shape index (κ1) is 12.6. The minimum Gasteiger partial charge on any atom is -0.360 e. The topological polar surface area (TPSA) is 41.3 Å². The van der Waals surface area contributed by atoms with Crippen molar-refractivity contribution in [1.29, 1.82) is 0 Å². The summed E-state index contributed by atoms with van der Waals surface area (Å²) in [6, 6.07) is 3.12. The predicted molar refractivity (Wildman–Crippen MR) is 67.6 cm³/mol. The Labute approximate surface area is 103 Å². The molecule has 4 heteroatoms. The Morgan fingerprint density at radius 3 is 3.06 bits per heavy atom. The second-order valence-corrected chi connectivity index (χ2v) is 5.49. The van der Waals surface area contributed by atoms with Gasteiger partial charge in [0.15, 0.2) is 5.76 Å². The molecule has 0 amide bonds. The average molecular weight is 237 g/mol. The Kier molecular flexibility index (Phi) is 4.18. The largest absolute Gasteiger partial charge is 0.360 e. The molecule has 0 saturated carbocycles. The Bertz CT molecular complexity index is 323. The van der Waals surface area contributed by atoms with Crippen LogP contribution in [0.25, 0.3) is 0 Å². The number of hydrogen-bond donors (Lipinski definition) is 1. The van der Waals surface area contributed by atoms with Crippen molar-refractivity contribution in [2.24, 2.45) is 5.92 Å². The van der Waals surface area contributed by atoms with Crippen molar-refractivity contribution in [3.8, 4) is 0 Å². The van der Waals surface area contributed by atoms with E-state index in [9.17, 15) is 0 Å². The van der Waals surface area contributed by atoms with Crippen molar-refractivity contribution >= 4 is 0 Å². The first-order valence-electron chi connectivity index (χ1n) is 6.52. The Morgan fingerprint density at radius 2 is 2.41 bits per heavy atom. The molecular weight excluding hydrogens is 214 g/mol. The lowest BCUT2D eigenvalue weighted by Gasteiger charge is -2.38. The molecule has 0 aliphatic carbocycles. The van der Waals surface area contributed by atoms with Crippen LogP contribution in [0.4, 0.5) is 0 Å². The van der Waals surface area contributed by atoms with Gasteiger partial charge in [-0.25, -0.2) is 0 Å². The van der Waals surface area contributed by atoms with Crippen LogP contribution in [0.3, 0.4) is 0 Å². The number of aromatic nitrogens is 1. The minimum atomic E-state index is 0.559. The van der Waals surface area contributed by atoms with Crippen LogP contribution in [0, 0.1) is 5.92 Å². The van der Waals surface area contributed by atoms with Gasteiger partial charge in [0.25, 0.3) is 0 Å². The van der Waals surface area contributed by atoms with E-state index in [0.717, 1.165) is 31.3 Å². The third-order valence-electron chi connectivity index (χ3n) is 3.39. The summed E-state index contributed by atoms with van der Waals surface area (Å²) < 4.78 is 5.19. The van der Waals surface area contributed by atoms with E-state index in [1.807, 2.05) is 6.07 Å².